The first kappa shape index (κ1) is 12.5. The fourth-order valence-corrected chi connectivity index (χ4v) is 2.27. The number of carboxylic acids is 1. The van der Waals surface area contributed by atoms with E-state index < -0.39 is 11.9 Å². The van der Waals surface area contributed by atoms with Crippen molar-refractivity contribution >= 4 is 5.97 Å². The van der Waals surface area contributed by atoms with Crippen LogP contribution in [0, 0.1) is 6.92 Å². The van der Waals surface area contributed by atoms with Gasteiger partial charge in [-0.2, -0.15) is 0 Å². The number of carboxylic acid groups (broad SMARTS) is 1. The third-order valence-corrected chi connectivity index (χ3v) is 3.28. The maximum atomic E-state index is 11.5. The van der Waals surface area contributed by atoms with E-state index in [4.69, 9.17) is 9.47 Å². The molecule has 6 nitrogen and oxygen atoms in total. The van der Waals surface area contributed by atoms with E-state index in [1.807, 2.05) is 6.92 Å². The normalized spacial score (nSPS) is 14.2. The first-order valence-electron chi connectivity index (χ1n) is 6.26. The molecule has 1 aromatic heterocycles. The lowest BCUT2D eigenvalue weighted by molar-refractivity contribution is -0.138. The Kier molecular flexibility index (Phi) is 3.06. The quantitative estimate of drug-likeness (QED) is 0.889. The van der Waals surface area contributed by atoms with E-state index in [1.165, 1.54) is 0 Å². The number of carbonyl (C=O) groups is 1. The number of fused-ring (bicyclic) bond motifs is 1. The molecule has 1 aliphatic rings. The molecule has 1 atom stereocenters. The number of aryl methyl sites for hydroxylation is 1. The maximum Gasteiger partial charge on any atom is 0.311 e. The summed E-state index contributed by atoms with van der Waals surface area (Å²) < 4.78 is 10.5. The molecule has 1 unspecified atom stereocenters. The lowest BCUT2D eigenvalue weighted by atomic mass is 9.94. The number of aliphatic carboxylic acids is 1. The summed E-state index contributed by atoms with van der Waals surface area (Å²) in [5, 5.41) is 9.44. The lowest BCUT2D eigenvalue weighted by Crippen LogP contribution is -2.14. The highest BCUT2D eigenvalue weighted by atomic mass is 16.7. The number of rotatable bonds is 4. The Hall–Kier alpha value is -2.50. The molecule has 1 aliphatic heterocycles. The summed E-state index contributed by atoms with van der Waals surface area (Å²) >= 11 is 0. The summed E-state index contributed by atoms with van der Waals surface area (Å²) in [7, 11) is 0. The Bertz CT molecular complexity index is 650. The zero-order valence-corrected chi connectivity index (χ0v) is 10.9. The van der Waals surface area contributed by atoms with Crippen molar-refractivity contribution in [3.63, 3.8) is 0 Å². The molecule has 0 saturated heterocycles. The first-order chi connectivity index (χ1) is 9.63. The fraction of sp³-hybridized carbons (Fsp3) is 0.286. The van der Waals surface area contributed by atoms with E-state index in [1.54, 1.807) is 24.4 Å². The summed E-state index contributed by atoms with van der Waals surface area (Å²) in [6, 6.07) is 5.23. The Morgan fingerprint density at radius 2 is 2.25 bits per heavy atom. The van der Waals surface area contributed by atoms with Gasteiger partial charge in [-0.3, -0.25) is 4.79 Å². The molecule has 2 heterocycles. The number of hydrogen-bond acceptors (Lipinski definition) is 4. The molecule has 0 aliphatic carbocycles. The minimum Gasteiger partial charge on any atom is -0.481 e. The van der Waals surface area contributed by atoms with Crippen LogP contribution in [-0.2, 0) is 11.2 Å². The predicted octanol–water partition coefficient (Wildman–Crippen LogP) is 1.86. The fourth-order valence-electron chi connectivity index (χ4n) is 2.27. The summed E-state index contributed by atoms with van der Waals surface area (Å²) in [6.45, 7) is 2.01. The second-order valence-corrected chi connectivity index (χ2v) is 4.70. The minimum absolute atomic E-state index is 0.177. The van der Waals surface area contributed by atoms with Crippen molar-refractivity contribution in [1.82, 2.24) is 9.97 Å². The monoisotopic (exact) mass is 274 g/mol. The van der Waals surface area contributed by atoms with Crippen molar-refractivity contribution in [2.24, 2.45) is 0 Å². The number of H-pyrrole nitrogens is 1. The Labute approximate surface area is 115 Å². The molecule has 0 radical (unpaired) electrons. The van der Waals surface area contributed by atoms with Crippen LogP contribution in [0.15, 0.2) is 24.4 Å². The van der Waals surface area contributed by atoms with E-state index in [-0.39, 0.29) is 6.79 Å². The molecule has 2 N–H and O–H groups in total. The van der Waals surface area contributed by atoms with Crippen molar-refractivity contribution < 1.29 is 19.4 Å². The van der Waals surface area contributed by atoms with E-state index in [2.05, 4.69) is 9.97 Å². The Morgan fingerprint density at radius 3 is 2.95 bits per heavy atom. The van der Waals surface area contributed by atoms with E-state index in [0.29, 0.717) is 23.5 Å². The maximum absolute atomic E-state index is 11.5. The standard InChI is InChI=1S/C14H14N2O4/c1-8-15-6-10(16-8)5-11(14(17)18)9-2-3-12-13(4-9)20-7-19-12/h2-4,6,11H,5,7H2,1H3,(H,15,16)(H,17,18). The number of hydrogen-bond donors (Lipinski definition) is 2. The van der Waals surface area contributed by atoms with Gasteiger partial charge in [-0.15, -0.1) is 0 Å². The van der Waals surface area contributed by atoms with Crippen molar-refractivity contribution in [2.75, 3.05) is 6.79 Å². The molecule has 0 fully saturated rings. The van der Waals surface area contributed by atoms with Crippen LogP contribution in [0.2, 0.25) is 0 Å². The van der Waals surface area contributed by atoms with Crippen LogP contribution in [0.25, 0.3) is 0 Å². The van der Waals surface area contributed by atoms with Gasteiger partial charge in [-0.1, -0.05) is 6.07 Å². The second-order valence-electron chi connectivity index (χ2n) is 4.70. The number of imidazole rings is 1. The van der Waals surface area contributed by atoms with Gasteiger partial charge in [0.05, 0.1) is 5.92 Å². The van der Waals surface area contributed by atoms with Gasteiger partial charge in [0.1, 0.15) is 5.82 Å². The molecule has 3 rings (SSSR count). The summed E-state index contributed by atoms with van der Waals surface area (Å²) in [4.78, 5) is 18.6. The topological polar surface area (TPSA) is 84.4 Å². The van der Waals surface area contributed by atoms with Crippen LogP contribution in [0.4, 0.5) is 0 Å². The highest BCUT2D eigenvalue weighted by Crippen LogP contribution is 2.35. The third-order valence-electron chi connectivity index (χ3n) is 3.28. The molecule has 0 amide bonds. The van der Waals surface area contributed by atoms with Crippen LogP contribution < -0.4 is 9.47 Å². The van der Waals surface area contributed by atoms with Gasteiger partial charge in [-0.25, -0.2) is 4.98 Å². The molecule has 6 heteroatoms. The van der Waals surface area contributed by atoms with E-state index in [0.717, 1.165) is 11.5 Å². The van der Waals surface area contributed by atoms with E-state index in [9.17, 15) is 9.90 Å². The smallest absolute Gasteiger partial charge is 0.311 e. The highest BCUT2D eigenvalue weighted by molar-refractivity contribution is 5.77. The average Bonchev–Trinajstić information content (AvgIpc) is 3.03. The van der Waals surface area contributed by atoms with Crippen molar-refractivity contribution in [3.05, 3.63) is 41.5 Å². The van der Waals surface area contributed by atoms with Crippen molar-refractivity contribution in [2.45, 2.75) is 19.3 Å². The van der Waals surface area contributed by atoms with Gasteiger partial charge in [-0.05, 0) is 24.6 Å². The van der Waals surface area contributed by atoms with Gasteiger partial charge in [0.2, 0.25) is 6.79 Å². The zero-order valence-electron chi connectivity index (χ0n) is 10.9. The van der Waals surface area contributed by atoms with Gasteiger partial charge < -0.3 is 19.6 Å². The zero-order chi connectivity index (χ0) is 14.1. The van der Waals surface area contributed by atoms with Crippen LogP contribution >= 0.6 is 0 Å². The first-order valence-corrected chi connectivity index (χ1v) is 6.26. The van der Waals surface area contributed by atoms with Crippen LogP contribution in [0.1, 0.15) is 23.0 Å². The van der Waals surface area contributed by atoms with E-state index >= 15 is 0 Å². The second kappa shape index (κ2) is 4.88. The molecular formula is C14H14N2O4. The van der Waals surface area contributed by atoms with Gasteiger partial charge in [0, 0.05) is 18.3 Å². The number of nitrogens with one attached hydrogen (secondary N) is 1. The third kappa shape index (κ3) is 2.32. The van der Waals surface area contributed by atoms with Gasteiger partial charge in [0.25, 0.3) is 0 Å². The number of aromatic amines is 1. The average molecular weight is 274 g/mol. The van der Waals surface area contributed by atoms with Crippen molar-refractivity contribution in [3.8, 4) is 11.5 Å². The highest BCUT2D eigenvalue weighted by Gasteiger charge is 2.24. The molecule has 104 valence electrons. The van der Waals surface area contributed by atoms with Gasteiger partial charge in [0.15, 0.2) is 11.5 Å². The number of benzene rings is 1. The number of aromatic nitrogens is 2. The lowest BCUT2D eigenvalue weighted by Gasteiger charge is -2.12. The van der Waals surface area contributed by atoms with Crippen molar-refractivity contribution in [1.29, 1.82) is 0 Å². The molecule has 2 aromatic rings. The Morgan fingerprint density at radius 1 is 1.45 bits per heavy atom. The summed E-state index contributed by atoms with van der Waals surface area (Å²) in [5.74, 6) is 0.486. The number of ether oxygens (including phenoxy) is 2. The van der Waals surface area contributed by atoms with Crippen LogP contribution in [0.3, 0.4) is 0 Å². The number of nitrogens with zero attached hydrogens (tertiary/aromatic N) is 1. The Balaban J connectivity index is 1.88. The minimum atomic E-state index is -0.879. The molecule has 1 aromatic carbocycles. The summed E-state index contributed by atoms with van der Waals surface area (Å²) in [5.41, 5.74) is 1.49. The van der Waals surface area contributed by atoms with Gasteiger partial charge >= 0.3 is 5.97 Å². The van der Waals surface area contributed by atoms with Crippen LogP contribution in [0.5, 0.6) is 11.5 Å². The molecule has 0 bridgehead atoms. The van der Waals surface area contributed by atoms with Crippen LogP contribution in [-0.4, -0.2) is 27.8 Å². The molecule has 20 heavy (non-hydrogen) atoms. The molecule has 0 spiro atoms. The summed E-state index contributed by atoms with van der Waals surface area (Å²) in [6.07, 6.45) is 2.02. The molecular weight excluding hydrogens is 260 g/mol. The molecule has 0 saturated carbocycles. The largest absolute Gasteiger partial charge is 0.481 e. The SMILES string of the molecule is Cc1ncc(CC(C(=O)O)c2ccc3c(c2)OCO3)[nH]1. The predicted molar refractivity (Wildman–Crippen MR) is 70.0 cm³/mol.